The van der Waals surface area contributed by atoms with Crippen LogP contribution in [0.3, 0.4) is 0 Å². The van der Waals surface area contributed by atoms with Crippen molar-refractivity contribution in [2.45, 2.75) is 13.8 Å². The third-order valence-electron chi connectivity index (χ3n) is 3.41. The highest BCUT2D eigenvalue weighted by molar-refractivity contribution is 5.97. The molecule has 21 heavy (non-hydrogen) atoms. The molecule has 0 bridgehead atoms. The lowest BCUT2D eigenvalue weighted by Crippen LogP contribution is -2.09. The summed E-state index contributed by atoms with van der Waals surface area (Å²) in [6.45, 7) is 3.81. The van der Waals surface area contributed by atoms with E-state index in [9.17, 15) is 4.79 Å². The SMILES string of the molecule is COC(=O)c1c(C)cc(C)n2nc(-c3ccccc3)nc12. The van der Waals surface area contributed by atoms with Crippen LogP contribution >= 0.6 is 0 Å². The second-order valence-electron chi connectivity index (χ2n) is 4.87. The van der Waals surface area contributed by atoms with Gasteiger partial charge < -0.3 is 4.74 Å². The summed E-state index contributed by atoms with van der Waals surface area (Å²) in [7, 11) is 1.37. The first-order valence-corrected chi connectivity index (χ1v) is 6.62. The van der Waals surface area contributed by atoms with Gasteiger partial charge in [0.25, 0.3) is 0 Å². The van der Waals surface area contributed by atoms with E-state index in [1.165, 1.54) is 7.11 Å². The molecule has 5 nitrogen and oxygen atoms in total. The zero-order valence-electron chi connectivity index (χ0n) is 12.1. The number of ether oxygens (including phenoxy) is 1. The Labute approximate surface area is 122 Å². The Balaban J connectivity index is 2.30. The minimum atomic E-state index is -0.399. The summed E-state index contributed by atoms with van der Waals surface area (Å²) >= 11 is 0. The fourth-order valence-corrected chi connectivity index (χ4v) is 2.41. The molecule has 0 spiro atoms. The van der Waals surface area contributed by atoms with Crippen LogP contribution in [0.1, 0.15) is 21.6 Å². The van der Waals surface area contributed by atoms with E-state index in [2.05, 4.69) is 10.1 Å². The van der Waals surface area contributed by atoms with Gasteiger partial charge in [0, 0.05) is 11.3 Å². The Bertz CT molecular complexity index is 822. The summed E-state index contributed by atoms with van der Waals surface area (Å²) in [6, 6.07) is 11.6. The topological polar surface area (TPSA) is 56.5 Å². The number of carbonyl (C=O) groups is 1. The Morgan fingerprint density at radius 3 is 2.57 bits per heavy atom. The van der Waals surface area contributed by atoms with Crippen LogP contribution in [0.15, 0.2) is 36.4 Å². The van der Waals surface area contributed by atoms with Gasteiger partial charge in [-0.3, -0.25) is 0 Å². The fraction of sp³-hybridized carbons (Fsp3) is 0.188. The van der Waals surface area contributed by atoms with E-state index in [0.717, 1.165) is 16.8 Å². The van der Waals surface area contributed by atoms with Crippen LogP contribution in [0.25, 0.3) is 17.0 Å². The van der Waals surface area contributed by atoms with Crippen LogP contribution in [-0.4, -0.2) is 27.7 Å². The van der Waals surface area contributed by atoms with Gasteiger partial charge in [0.15, 0.2) is 11.5 Å². The van der Waals surface area contributed by atoms with Crippen LogP contribution in [0.4, 0.5) is 0 Å². The standard InChI is InChI=1S/C16H15N3O2/c1-10-9-11(2)19-15(13(10)16(20)21-3)17-14(18-19)12-7-5-4-6-8-12/h4-9H,1-3H3. The molecule has 5 heteroatoms. The summed E-state index contributed by atoms with van der Waals surface area (Å²) in [5.41, 5.74) is 3.65. The minimum Gasteiger partial charge on any atom is -0.465 e. The zero-order valence-corrected chi connectivity index (χ0v) is 12.1. The summed E-state index contributed by atoms with van der Waals surface area (Å²) in [4.78, 5) is 16.5. The first-order valence-electron chi connectivity index (χ1n) is 6.62. The quantitative estimate of drug-likeness (QED) is 0.678. The van der Waals surface area contributed by atoms with Crippen molar-refractivity contribution in [3.8, 4) is 11.4 Å². The molecule has 0 saturated heterocycles. The number of carbonyl (C=O) groups excluding carboxylic acids is 1. The Morgan fingerprint density at radius 1 is 1.19 bits per heavy atom. The lowest BCUT2D eigenvalue weighted by atomic mass is 10.1. The van der Waals surface area contributed by atoms with Gasteiger partial charge in [-0.25, -0.2) is 14.3 Å². The molecule has 0 aliphatic heterocycles. The van der Waals surface area contributed by atoms with Gasteiger partial charge in [-0.15, -0.1) is 5.10 Å². The number of hydrogen-bond donors (Lipinski definition) is 0. The fourth-order valence-electron chi connectivity index (χ4n) is 2.41. The third-order valence-corrected chi connectivity index (χ3v) is 3.41. The number of pyridine rings is 1. The summed E-state index contributed by atoms with van der Waals surface area (Å²) in [5, 5.41) is 4.50. The van der Waals surface area contributed by atoms with Crippen molar-refractivity contribution in [2.24, 2.45) is 0 Å². The number of rotatable bonds is 2. The first kappa shape index (κ1) is 13.3. The molecule has 0 amide bonds. The summed E-state index contributed by atoms with van der Waals surface area (Å²) in [5.74, 6) is 0.193. The van der Waals surface area contributed by atoms with E-state index in [1.807, 2.05) is 50.2 Å². The van der Waals surface area contributed by atoms with Gasteiger partial charge in [-0.05, 0) is 25.5 Å². The lowest BCUT2D eigenvalue weighted by molar-refractivity contribution is 0.0601. The number of aromatic nitrogens is 3. The van der Waals surface area contributed by atoms with Gasteiger partial charge in [0.1, 0.15) is 5.56 Å². The second-order valence-corrected chi connectivity index (χ2v) is 4.87. The number of fused-ring (bicyclic) bond motifs is 1. The van der Waals surface area contributed by atoms with Crippen LogP contribution in [0.5, 0.6) is 0 Å². The number of benzene rings is 1. The van der Waals surface area contributed by atoms with Gasteiger partial charge in [0.2, 0.25) is 0 Å². The Kier molecular flexibility index (Phi) is 3.17. The molecule has 0 aliphatic rings. The number of esters is 1. The number of nitrogens with zero attached hydrogens (tertiary/aromatic N) is 3. The highest BCUT2D eigenvalue weighted by Crippen LogP contribution is 2.22. The van der Waals surface area contributed by atoms with E-state index in [4.69, 9.17) is 4.74 Å². The molecule has 0 unspecified atom stereocenters. The highest BCUT2D eigenvalue weighted by Gasteiger charge is 2.19. The molecule has 3 rings (SSSR count). The van der Waals surface area contributed by atoms with E-state index >= 15 is 0 Å². The van der Waals surface area contributed by atoms with E-state index in [-0.39, 0.29) is 0 Å². The maximum Gasteiger partial charge on any atom is 0.341 e. The predicted octanol–water partition coefficient (Wildman–Crippen LogP) is 2.80. The first-order chi connectivity index (χ1) is 10.1. The van der Waals surface area contributed by atoms with Crippen molar-refractivity contribution in [3.05, 3.63) is 53.2 Å². The maximum atomic E-state index is 12.0. The molecule has 106 valence electrons. The molecule has 0 saturated carbocycles. The van der Waals surface area contributed by atoms with Gasteiger partial charge in [-0.1, -0.05) is 30.3 Å². The van der Waals surface area contributed by atoms with Crippen molar-refractivity contribution in [1.29, 1.82) is 0 Å². The molecule has 3 aromatic rings. The largest absolute Gasteiger partial charge is 0.465 e. The van der Waals surface area contributed by atoms with Crippen LogP contribution in [0, 0.1) is 13.8 Å². The monoisotopic (exact) mass is 281 g/mol. The van der Waals surface area contributed by atoms with Gasteiger partial charge >= 0.3 is 5.97 Å². The normalized spacial score (nSPS) is 10.8. The molecule has 2 heterocycles. The van der Waals surface area contributed by atoms with Gasteiger partial charge in [0.05, 0.1) is 7.11 Å². The molecule has 0 atom stereocenters. The smallest absolute Gasteiger partial charge is 0.341 e. The molecule has 0 radical (unpaired) electrons. The summed E-state index contributed by atoms with van der Waals surface area (Å²) in [6.07, 6.45) is 0. The van der Waals surface area contributed by atoms with Crippen molar-refractivity contribution < 1.29 is 9.53 Å². The molecule has 0 fully saturated rings. The van der Waals surface area contributed by atoms with Gasteiger partial charge in [-0.2, -0.15) is 0 Å². The van der Waals surface area contributed by atoms with E-state index < -0.39 is 5.97 Å². The average Bonchev–Trinajstić information content (AvgIpc) is 2.93. The maximum absolute atomic E-state index is 12.0. The van der Waals surface area contributed by atoms with Crippen LogP contribution in [0.2, 0.25) is 0 Å². The number of aryl methyl sites for hydroxylation is 2. The average molecular weight is 281 g/mol. The highest BCUT2D eigenvalue weighted by atomic mass is 16.5. The molecular weight excluding hydrogens is 266 g/mol. The van der Waals surface area contributed by atoms with Crippen molar-refractivity contribution in [3.63, 3.8) is 0 Å². The number of hydrogen-bond acceptors (Lipinski definition) is 4. The van der Waals surface area contributed by atoms with Crippen molar-refractivity contribution in [1.82, 2.24) is 14.6 Å². The molecule has 2 aromatic heterocycles. The van der Waals surface area contributed by atoms with Crippen molar-refractivity contribution >= 4 is 11.6 Å². The zero-order chi connectivity index (χ0) is 15.0. The lowest BCUT2D eigenvalue weighted by Gasteiger charge is -2.06. The Hall–Kier alpha value is -2.69. The number of methoxy groups -OCH3 is 1. The molecule has 0 aliphatic carbocycles. The van der Waals surface area contributed by atoms with E-state index in [1.54, 1.807) is 4.52 Å². The Morgan fingerprint density at radius 2 is 1.90 bits per heavy atom. The second kappa shape index (κ2) is 5.01. The molecule has 0 N–H and O–H groups in total. The third kappa shape index (κ3) is 2.16. The van der Waals surface area contributed by atoms with Crippen molar-refractivity contribution in [2.75, 3.05) is 7.11 Å². The van der Waals surface area contributed by atoms with Crippen LogP contribution < -0.4 is 0 Å². The van der Waals surface area contributed by atoms with Crippen LogP contribution in [-0.2, 0) is 4.74 Å². The van der Waals surface area contributed by atoms with E-state index in [0.29, 0.717) is 17.0 Å². The minimum absolute atomic E-state index is 0.399. The molecule has 1 aromatic carbocycles. The summed E-state index contributed by atoms with van der Waals surface area (Å²) < 4.78 is 6.54. The molecular formula is C16H15N3O2. The predicted molar refractivity (Wildman–Crippen MR) is 79.2 cm³/mol.